The molecular weight excluding hydrogens is 256 g/mol. The van der Waals surface area contributed by atoms with Gasteiger partial charge in [0.15, 0.2) is 5.65 Å². The molecule has 1 amide bonds. The molecule has 20 heavy (non-hydrogen) atoms. The minimum absolute atomic E-state index is 0.426. The Morgan fingerprint density at radius 1 is 1.15 bits per heavy atom. The Labute approximate surface area is 114 Å². The standard InChI is InChI=1S/C13H12N6O/c14-10-2-1-3-11-17-13(18-19(10)11)16-9-6-4-8(5-7-9)12(15)20/h1-7H,14H2,(H2,15,20)(H,16,18). The zero-order valence-corrected chi connectivity index (χ0v) is 10.4. The van der Waals surface area contributed by atoms with E-state index < -0.39 is 5.91 Å². The Kier molecular flexibility index (Phi) is 2.72. The summed E-state index contributed by atoms with van der Waals surface area (Å²) in [4.78, 5) is 15.3. The molecule has 0 aliphatic carbocycles. The molecule has 0 radical (unpaired) electrons. The van der Waals surface area contributed by atoms with Gasteiger partial charge in [-0.05, 0) is 36.4 Å². The summed E-state index contributed by atoms with van der Waals surface area (Å²) >= 11 is 0. The third-order valence-corrected chi connectivity index (χ3v) is 2.81. The average molecular weight is 268 g/mol. The van der Waals surface area contributed by atoms with Crippen molar-refractivity contribution in [2.45, 2.75) is 0 Å². The number of hydrogen-bond acceptors (Lipinski definition) is 5. The molecule has 0 bridgehead atoms. The molecule has 0 atom stereocenters. The molecule has 0 spiro atoms. The molecule has 7 nitrogen and oxygen atoms in total. The van der Waals surface area contributed by atoms with E-state index in [2.05, 4.69) is 15.4 Å². The van der Waals surface area contributed by atoms with Gasteiger partial charge in [-0.2, -0.15) is 9.50 Å². The molecule has 0 saturated carbocycles. The van der Waals surface area contributed by atoms with Crippen LogP contribution in [0, 0.1) is 0 Å². The molecule has 0 saturated heterocycles. The Balaban J connectivity index is 1.89. The number of rotatable bonds is 3. The lowest BCUT2D eigenvalue weighted by Gasteiger charge is -2.01. The number of nitrogens with one attached hydrogen (secondary N) is 1. The largest absolute Gasteiger partial charge is 0.384 e. The fourth-order valence-corrected chi connectivity index (χ4v) is 1.83. The first kappa shape index (κ1) is 12.0. The molecule has 1 aromatic carbocycles. The summed E-state index contributed by atoms with van der Waals surface area (Å²) in [7, 11) is 0. The van der Waals surface area contributed by atoms with Crippen LogP contribution in [0.15, 0.2) is 42.5 Å². The number of hydrogen-bond donors (Lipinski definition) is 3. The number of anilines is 3. The number of benzene rings is 1. The molecule has 0 unspecified atom stereocenters. The van der Waals surface area contributed by atoms with E-state index in [-0.39, 0.29) is 0 Å². The number of amides is 1. The first-order valence-corrected chi connectivity index (χ1v) is 5.91. The van der Waals surface area contributed by atoms with Crippen molar-refractivity contribution < 1.29 is 4.79 Å². The smallest absolute Gasteiger partial charge is 0.248 e. The van der Waals surface area contributed by atoms with Gasteiger partial charge < -0.3 is 16.8 Å². The van der Waals surface area contributed by atoms with Gasteiger partial charge in [0, 0.05) is 11.3 Å². The van der Waals surface area contributed by atoms with Gasteiger partial charge in [-0.3, -0.25) is 4.79 Å². The van der Waals surface area contributed by atoms with Crippen LogP contribution in [0.3, 0.4) is 0 Å². The summed E-state index contributed by atoms with van der Waals surface area (Å²) in [5.41, 5.74) is 12.8. The fraction of sp³-hybridized carbons (Fsp3) is 0. The van der Waals surface area contributed by atoms with E-state index >= 15 is 0 Å². The second-order valence-corrected chi connectivity index (χ2v) is 4.22. The van der Waals surface area contributed by atoms with Crippen LogP contribution in [-0.4, -0.2) is 20.5 Å². The van der Waals surface area contributed by atoms with Crippen molar-refractivity contribution in [3.05, 3.63) is 48.0 Å². The zero-order valence-electron chi connectivity index (χ0n) is 10.4. The lowest BCUT2D eigenvalue weighted by molar-refractivity contribution is 0.100. The maximum absolute atomic E-state index is 11.0. The van der Waals surface area contributed by atoms with Gasteiger partial charge in [-0.25, -0.2) is 0 Å². The highest BCUT2D eigenvalue weighted by atomic mass is 16.1. The van der Waals surface area contributed by atoms with E-state index in [1.807, 2.05) is 12.1 Å². The number of pyridine rings is 1. The van der Waals surface area contributed by atoms with Crippen molar-refractivity contribution >= 4 is 29.0 Å². The van der Waals surface area contributed by atoms with Crippen LogP contribution < -0.4 is 16.8 Å². The summed E-state index contributed by atoms with van der Waals surface area (Å²) in [6.45, 7) is 0. The van der Waals surface area contributed by atoms with Crippen molar-refractivity contribution in [3.8, 4) is 0 Å². The summed E-state index contributed by atoms with van der Waals surface area (Å²) < 4.78 is 1.54. The van der Waals surface area contributed by atoms with Crippen molar-refractivity contribution in [2.24, 2.45) is 5.73 Å². The van der Waals surface area contributed by atoms with E-state index in [1.54, 1.807) is 34.8 Å². The van der Waals surface area contributed by atoms with E-state index in [4.69, 9.17) is 11.5 Å². The van der Waals surface area contributed by atoms with Crippen molar-refractivity contribution in [1.29, 1.82) is 0 Å². The molecule has 3 rings (SSSR count). The van der Waals surface area contributed by atoms with E-state index in [0.29, 0.717) is 23.0 Å². The summed E-state index contributed by atoms with van der Waals surface area (Å²) in [6.07, 6.45) is 0. The second kappa shape index (κ2) is 4.54. The zero-order chi connectivity index (χ0) is 14.1. The lowest BCUT2D eigenvalue weighted by atomic mass is 10.2. The lowest BCUT2D eigenvalue weighted by Crippen LogP contribution is -2.10. The number of carbonyl (C=O) groups excluding carboxylic acids is 1. The van der Waals surface area contributed by atoms with Gasteiger partial charge in [0.25, 0.3) is 0 Å². The van der Waals surface area contributed by atoms with Crippen LogP contribution in [0.5, 0.6) is 0 Å². The minimum atomic E-state index is -0.463. The van der Waals surface area contributed by atoms with Gasteiger partial charge in [0.2, 0.25) is 11.9 Å². The third kappa shape index (κ3) is 2.12. The van der Waals surface area contributed by atoms with Crippen molar-refractivity contribution in [1.82, 2.24) is 14.6 Å². The van der Waals surface area contributed by atoms with Crippen LogP contribution >= 0.6 is 0 Å². The molecule has 3 aromatic rings. The molecule has 5 N–H and O–H groups in total. The Hall–Kier alpha value is -3.09. The van der Waals surface area contributed by atoms with Crippen LogP contribution in [-0.2, 0) is 0 Å². The first-order valence-electron chi connectivity index (χ1n) is 5.91. The Morgan fingerprint density at radius 3 is 2.55 bits per heavy atom. The normalized spacial score (nSPS) is 10.6. The number of nitrogens with zero attached hydrogens (tertiary/aromatic N) is 3. The van der Waals surface area contributed by atoms with Gasteiger partial charge in [-0.1, -0.05) is 6.07 Å². The fourth-order valence-electron chi connectivity index (χ4n) is 1.83. The van der Waals surface area contributed by atoms with Crippen LogP contribution in [0.1, 0.15) is 10.4 Å². The predicted molar refractivity (Wildman–Crippen MR) is 75.6 cm³/mol. The molecular formula is C13H12N6O. The number of fused-ring (bicyclic) bond motifs is 1. The van der Waals surface area contributed by atoms with Crippen molar-refractivity contribution in [3.63, 3.8) is 0 Å². The van der Waals surface area contributed by atoms with E-state index in [1.165, 1.54) is 0 Å². The molecule has 2 aromatic heterocycles. The third-order valence-electron chi connectivity index (χ3n) is 2.81. The van der Waals surface area contributed by atoms with Gasteiger partial charge in [-0.15, -0.1) is 5.10 Å². The monoisotopic (exact) mass is 268 g/mol. The molecule has 2 heterocycles. The minimum Gasteiger partial charge on any atom is -0.384 e. The van der Waals surface area contributed by atoms with E-state index in [0.717, 1.165) is 5.69 Å². The maximum Gasteiger partial charge on any atom is 0.248 e. The molecule has 100 valence electrons. The van der Waals surface area contributed by atoms with Gasteiger partial charge >= 0.3 is 0 Å². The number of nitrogens with two attached hydrogens (primary N) is 2. The van der Waals surface area contributed by atoms with Crippen LogP contribution in [0.4, 0.5) is 17.5 Å². The average Bonchev–Trinajstić information content (AvgIpc) is 2.83. The Bertz CT molecular complexity index is 777. The number of carbonyl (C=O) groups is 1. The summed E-state index contributed by atoms with van der Waals surface area (Å²) in [5.74, 6) is 0.469. The van der Waals surface area contributed by atoms with Gasteiger partial charge in [0.05, 0.1) is 0 Å². The van der Waals surface area contributed by atoms with Crippen molar-refractivity contribution in [2.75, 3.05) is 11.1 Å². The number of nitrogen functional groups attached to an aromatic ring is 1. The highest BCUT2D eigenvalue weighted by molar-refractivity contribution is 5.93. The first-order chi connectivity index (χ1) is 9.63. The number of primary amides is 1. The SMILES string of the molecule is NC(=O)c1ccc(Nc2nc3cccc(N)n3n2)cc1. The second-order valence-electron chi connectivity index (χ2n) is 4.22. The van der Waals surface area contributed by atoms with E-state index in [9.17, 15) is 4.79 Å². The topological polar surface area (TPSA) is 111 Å². The van der Waals surface area contributed by atoms with Crippen LogP contribution in [0.25, 0.3) is 5.65 Å². The summed E-state index contributed by atoms with van der Waals surface area (Å²) in [5, 5.41) is 7.28. The molecule has 0 aliphatic rings. The highest BCUT2D eigenvalue weighted by Crippen LogP contribution is 2.16. The summed E-state index contributed by atoms with van der Waals surface area (Å²) in [6, 6.07) is 12.1. The molecule has 0 fully saturated rings. The maximum atomic E-state index is 11.0. The van der Waals surface area contributed by atoms with Crippen LogP contribution in [0.2, 0.25) is 0 Å². The predicted octanol–water partition coefficient (Wildman–Crippen LogP) is 1.15. The van der Waals surface area contributed by atoms with Gasteiger partial charge in [0.1, 0.15) is 5.82 Å². The number of aromatic nitrogens is 3. The Morgan fingerprint density at radius 2 is 1.90 bits per heavy atom. The highest BCUT2D eigenvalue weighted by Gasteiger charge is 2.06. The molecule has 7 heteroatoms. The quantitative estimate of drug-likeness (QED) is 0.659. The molecule has 0 aliphatic heterocycles.